The molecule has 110 valence electrons. The minimum Gasteiger partial charge on any atom is -0.467 e. The van der Waals surface area contributed by atoms with Crippen molar-refractivity contribution in [1.29, 1.82) is 0 Å². The number of halogens is 3. The van der Waals surface area contributed by atoms with Crippen LogP contribution in [0.15, 0.2) is 35.2 Å². The Labute approximate surface area is 114 Å². The van der Waals surface area contributed by atoms with E-state index < -0.39 is 12.6 Å². The summed E-state index contributed by atoms with van der Waals surface area (Å²) in [5.74, 6) is 1.33. The van der Waals surface area contributed by atoms with Gasteiger partial charge in [-0.05, 0) is 25.1 Å². The Kier molecular flexibility index (Phi) is 4.49. The summed E-state index contributed by atoms with van der Waals surface area (Å²) < 4.78 is 43.5. The molecule has 2 aromatic rings. The lowest BCUT2D eigenvalue weighted by Gasteiger charge is -2.16. The van der Waals surface area contributed by atoms with Crippen LogP contribution in [0.4, 0.5) is 13.2 Å². The summed E-state index contributed by atoms with van der Waals surface area (Å²) in [6, 6.07) is 3.16. The molecule has 7 heteroatoms. The van der Waals surface area contributed by atoms with Gasteiger partial charge in [0.05, 0.1) is 6.26 Å². The van der Waals surface area contributed by atoms with Crippen LogP contribution in [0.3, 0.4) is 0 Å². The van der Waals surface area contributed by atoms with Crippen LogP contribution in [0.5, 0.6) is 0 Å². The van der Waals surface area contributed by atoms with E-state index in [0.29, 0.717) is 11.6 Å². The predicted molar refractivity (Wildman–Crippen MR) is 67.1 cm³/mol. The molecule has 2 heterocycles. The summed E-state index contributed by atoms with van der Waals surface area (Å²) in [5, 5.41) is 3.06. The first-order valence-corrected chi connectivity index (χ1v) is 6.28. The molecule has 0 fully saturated rings. The van der Waals surface area contributed by atoms with Gasteiger partial charge in [-0.3, -0.25) is 0 Å². The molecule has 0 amide bonds. The van der Waals surface area contributed by atoms with Crippen LogP contribution >= 0.6 is 0 Å². The molecule has 0 aliphatic carbocycles. The molecule has 0 aromatic carbocycles. The fraction of sp³-hybridized carbons (Fsp3) is 0.462. The number of hydrogen-bond donors (Lipinski definition) is 1. The standard InChI is InChI=1S/C13H16F3N3O/c1-19-8-7-18-12(19)11(10-4-2-9-20-10)17-6-3-5-13(14,15)16/h2,4,7-9,11,17H,3,5-6H2,1H3. The van der Waals surface area contributed by atoms with Crippen molar-refractivity contribution in [2.75, 3.05) is 6.54 Å². The van der Waals surface area contributed by atoms with Gasteiger partial charge in [-0.1, -0.05) is 0 Å². The fourth-order valence-corrected chi connectivity index (χ4v) is 1.97. The number of imidazole rings is 1. The number of rotatable bonds is 6. The molecule has 0 radical (unpaired) electrons. The summed E-state index contributed by atoms with van der Waals surface area (Å²) in [4.78, 5) is 4.22. The van der Waals surface area contributed by atoms with Gasteiger partial charge in [0.2, 0.25) is 0 Å². The van der Waals surface area contributed by atoms with E-state index in [0.717, 1.165) is 0 Å². The minimum absolute atomic E-state index is 0.0190. The zero-order valence-electron chi connectivity index (χ0n) is 11.0. The number of aryl methyl sites for hydroxylation is 1. The molecular weight excluding hydrogens is 271 g/mol. The normalized spacial score (nSPS) is 13.6. The van der Waals surface area contributed by atoms with Crippen LogP contribution in [0.1, 0.15) is 30.5 Å². The highest BCUT2D eigenvalue weighted by molar-refractivity contribution is 5.15. The Balaban J connectivity index is 2.00. The van der Waals surface area contributed by atoms with Crippen LogP contribution in [-0.2, 0) is 7.05 Å². The zero-order chi connectivity index (χ0) is 14.6. The molecule has 1 N–H and O–H groups in total. The Hall–Kier alpha value is -1.76. The topological polar surface area (TPSA) is 43.0 Å². The van der Waals surface area contributed by atoms with Crippen molar-refractivity contribution in [3.63, 3.8) is 0 Å². The Morgan fingerprint density at radius 3 is 2.80 bits per heavy atom. The van der Waals surface area contributed by atoms with E-state index in [1.165, 1.54) is 6.26 Å². The molecule has 4 nitrogen and oxygen atoms in total. The molecule has 2 aromatic heterocycles. The first kappa shape index (κ1) is 14.6. The molecule has 0 aliphatic heterocycles. The van der Waals surface area contributed by atoms with Crippen molar-refractivity contribution in [3.8, 4) is 0 Å². The third-order valence-electron chi connectivity index (χ3n) is 2.93. The van der Waals surface area contributed by atoms with Crippen LogP contribution in [-0.4, -0.2) is 22.3 Å². The first-order chi connectivity index (χ1) is 9.47. The maximum atomic E-state index is 12.1. The van der Waals surface area contributed by atoms with Crippen LogP contribution < -0.4 is 5.32 Å². The molecule has 0 spiro atoms. The Morgan fingerprint density at radius 1 is 1.45 bits per heavy atom. The molecular formula is C13H16F3N3O. The second kappa shape index (κ2) is 6.13. The number of aromatic nitrogens is 2. The lowest BCUT2D eigenvalue weighted by Crippen LogP contribution is -2.26. The van der Waals surface area contributed by atoms with Gasteiger partial charge in [0, 0.05) is 25.9 Å². The van der Waals surface area contributed by atoms with E-state index in [1.54, 1.807) is 24.5 Å². The lowest BCUT2D eigenvalue weighted by atomic mass is 10.2. The maximum Gasteiger partial charge on any atom is 0.389 e. The maximum absolute atomic E-state index is 12.1. The molecule has 1 unspecified atom stereocenters. The SMILES string of the molecule is Cn1ccnc1C(NCCCC(F)(F)F)c1ccco1. The van der Waals surface area contributed by atoms with Gasteiger partial charge >= 0.3 is 6.18 Å². The third kappa shape index (κ3) is 3.86. The van der Waals surface area contributed by atoms with Crippen molar-refractivity contribution >= 4 is 0 Å². The van der Waals surface area contributed by atoms with Crippen LogP contribution in [0, 0.1) is 0 Å². The van der Waals surface area contributed by atoms with Gasteiger partial charge < -0.3 is 14.3 Å². The van der Waals surface area contributed by atoms with Crippen molar-refractivity contribution in [3.05, 3.63) is 42.4 Å². The van der Waals surface area contributed by atoms with E-state index in [9.17, 15) is 13.2 Å². The molecule has 0 aliphatic rings. The van der Waals surface area contributed by atoms with Gasteiger partial charge in [-0.25, -0.2) is 4.98 Å². The van der Waals surface area contributed by atoms with Crippen LogP contribution in [0.25, 0.3) is 0 Å². The van der Waals surface area contributed by atoms with E-state index in [2.05, 4.69) is 10.3 Å². The van der Waals surface area contributed by atoms with Gasteiger partial charge in [0.15, 0.2) is 0 Å². The molecule has 1 atom stereocenters. The van der Waals surface area contributed by atoms with E-state index in [4.69, 9.17) is 4.42 Å². The third-order valence-corrected chi connectivity index (χ3v) is 2.93. The van der Waals surface area contributed by atoms with Crippen molar-refractivity contribution in [1.82, 2.24) is 14.9 Å². The summed E-state index contributed by atoms with van der Waals surface area (Å²) >= 11 is 0. The van der Waals surface area contributed by atoms with Crippen molar-refractivity contribution in [2.45, 2.75) is 25.1 Å². The smallest absolute Gasteiger partial charge is 0.389 e. The van der Waals surface area contributed by atoms with Crippen LogP contribution in [0.2, 0.25) is 0 Å². The number of hydrogen-bond acceptors (Lipinski definition) is 3. The average molecular weight is 287 g/mol. The highest BCUT2D eigenvalue weighted by Gasteiger charge is 2.27. The quantitative estimate of drug-likeness (QED) is 0.830. The van der Waals surface area contributed by atoms with E-state index in [1.807, 2.05) is 11.6 Å². The van der Waals surface area contributed by atoms with E-state index >= 15 is 0 Å². The van der Waals surface area contributed by atoms with Crippen molar-refractivity contribution < 1.29 is 17.6 Å². The summed E-state index contributed by atoms with van der Waals surface area (Å²) in [7, 11) is 1.83. The lowest BCUT2D eigenvalue weighted by molar-refractivity contribution is -0.135. The molecule has 2 rings (SSSR count). The largest absolute Gasteiger partial charge is 0.467 e. The summed E-state index contributed by atoms with van der Waals surface area (Å²) in [6.07, 6.45) is 0.0512. The zero-order valence-corrected chi connectivity index (χ0v) is 11.0. The molecule has 0 saturated carbocycles. The Morgan fingerprint density at radius 2 is 2.25 bits per heavy atom. The van der Waals surface area contributed by atoms with Gasteiger partial charge in [0.25, 0.3) is 0 Å². The molecule has 0 saturated heterocycles. The number of nitrogens with one attached hydrogen (secondary N) is 1. The number of nitrogens with zero attached hydrogens (tertiary/aromatic N) is 2. The summed E-state index contributed by atoms with van der Waals surface area (Å²) in [6.45, 7) is 0.234. The minimum atomic E-state index is -4.12. The second-order valence-electron chi connectivity index (χ2n) is 4.52. The number of alkyl halides is 3. The predicted octanol–water partition coefficient (Wildman–Crippen LogP) is 3.03. The highest BCUT2D eigenvalue weighted by Crippen LogP contribution is 2.23. The molecule has 0 bridgehead atoms. The Bertz CT molecular complexity index is 519. The van der Waals surface area contributed by atoms with Gasteiger partial charge in [0.1, 0.15) is 17.6 Å². The van der Waals surface area contributed by atoms with E-state index in [-0.39, 0.29) is 19.0 Å². The molecule has 20 heavy (non-hydrogen) atoms. The first-order valence-electron chi connectivity index (χ1n) is 6.28. The monoisotopic (exact) mass is 287 g/mol. The highest BCUT2D eigenvalue weighted by atomic mass is 19.4. The van der Waals surface area contributed by atoms with Gasteiger partial charge in [-0.15, -0.1) is 0 Å². The number of furan rings is 1. The van der Waals surface area contributed by atoms with Crippen molar-refractivity contribution in [2.24, 2.45) is 7.05 Å². The summed E-state index contributed by atoms with van der Waals surface area (Å²) in [5.41, 5.74) is 0. The average Bonchev–Trinajstić information content (AvgIpc) is 3.00. The van der Waals surface area contributed by atoms with Gasteiger partial charge in [-0.2, -0.15) is 13.2 Å². The second-order valence-corrected chi connectivity index (χ2v) is 4.52. The fourth-order valence-electron chi connectivity index (χ4n) is 1.97.